The highest BCUT2D eigenvalue weighted by Gasteiger charge is 2.41. The molecule has 26 heavy (non-hydrogen) atoms. The van der Waals surface area contributed by atoms with E-state index in [2.05, 4.69) is 0 Å². The van der Waals surface area contributed by atoms with Gasteiger partial charge in [-0.1, -0.05) is 30.3 Å². The van der Waals surface area contributed by atoms with Crippen LogP contribution >= 0.6 is 0 Å². The molecule has 144 valence electrons. The molecular weight excluding hydrogens is 336 g/mol. The number of likely N-dealkylation sites (tertiary alicyclic amines) is 1. The molecule has 1 aromatic carbocycles. The van der Waals surface area contributed by atoms with Crippen molar-refractivity contribution in [3.05, 3.63) is 35.9 Å². The Kier molecular flexibility index (Phi) is 6.47. The van der Waals surface area contributed by atoms with Crippen molar-refractivity contribution in [1.82, 2.24) is 9.80 Å². The summed E-state index contributed by atoms with van der Waals surface area (Å²) in [5, 5.41) is 0. The van der Waals surface area contributed by atoms with E-state index in [-0.39, 0.29) is 18.8 Å². The van der Waals surface area contributed by atoms with Gasteiger partial charge in [0.25, 0.3) is 0 Å². The van der Waals surface area contributed by atoms with E-state index in [0.717, 1.165) is 5.56 Å². The number of carbonyl (C=O) groups is 2. The Morgan fingerprint density at radius 3 is 2.42 bits per heavy atom. The SMILES string of the molecule is COC1CN(C(=O)OC(C)(C)C)CC1N(C)C(=O)OCc1ccccc1. The Hall–Kier alpha value is -2.28. The minimum absolute atomic E-state index is 0.199. The molecule has 2 atom stereocenters. The van der Waals surface area contributed by atoms with Crippen LogP contribution < -0.4 is 0 Å². The van der Waals surface area contributed by atoms with Crippen molar-refractivity contribution in [2.75, 3.05) is 27.2 Å². The Bertz CT molecular complexity index is 614. The fourth-order valence-corrected chi connectivity index (χ4v) is 2.79. The topological polar surface area (TPSA) is 68.3 Å². The number of hydrogen-bond acceptors (Lipinski definition) is 5. The number of benzene rings is 1. The molecule has 2 amide bonds. The second-order valence-electron chi connectivity index (χ2n) is 7.38. The standard InChI is InChI=1S/C19H28N2O5/c1-19(2,3)26-18(23)21-11-15(16(12-21)24-5)20(4)17(22)25-13-14-9-7-6-8-10-14/h6-10,15-16H,11-13H2,1-5H3. The highest BCUT2D eigenvalue weighted by atomic mass is 16.6. The molecule has 1 heterocycles. The van der Waals surface area contributed by atoms with Gasteiger partial charge in [0, 0.05) is 20.7 Å². The third-order valence-electron chi connectivity index (χ3n) is 4.18. The largest absolute Gasteiger partial charge is 0.445 e. The third kappa shape index (κ3) is 5.36. The van der Waals surface area contributed by atoms with Gasteiger partial charge in [-0.05, 0) is 26.3 Å². The van der Waals surface area contributed by atoms with Gasteiger partial charge in [-0.2, -0.15) is 0 Å². The molecule has 0 N–H and O–H groups in total. The van der Waals surface area contributed by atoms with Crippen LogP contribution in [0.15, 0.2) is 30.3 Å². The molecule has 1 saturated heterocycles. The Morgan fingerprint density at radius 1 is 1.19 bits per heavy atom. The van der Waals surface area contributed by atoms with Crippen LogP contribution in [0.3, 0.4) is 0 Å². The van der Waals surface area contributed by atoms with Gasteiger partial charge in [0.05, 0.1) is 18.7 Å². The highest BCUT2D eigenvalue weighted by Crippen LogP contribution is 2.21. The summed E-state index contributed by atoms with van der Waals surface area (Å²) < 4.78 is 16.2. The van der Waals surface area contributed by atoms with Gasteiger partial charge >= 0.3 is 12.2 Å². The molecule has 7 nitrogen and oxygen atoms in total. The van der Waals surface area contributed by atoms with Crippen LogP contribution in [0.5, 0.6) is 0 Å². The minimum Gasteiger partial charge on any atom is -0.445 e. The first kappa shape index (κ1) is 20.0. The van der Waals surface area contributed by atoms with E-state index in [0.29, 0.717) is 13.1 Å². The maximum Gasteiger partial charge on any atom is 0.410 e. The van der Waals surface area contributed by atoms with Gasteiger partial charge in [-0.3, -0.25) is 0 Å². The van der Waals surface area contributed by atoms with Crippen LogP contribution in [0.25, 0.3) is 0 Å². The average Bonchev–Trinajstić information content (AvgIpc) is 3.03. The van der Waals surface area contributed by atoms with E-state index in [1.165, 1.54) is 4.90 Å². The van der Waals surface area contributed by atoms with Crippen molar-refractivity contribution < 1.29 is 23.8 Å². The van der Waals surface area contributed by atoms with Crippen LogP contribution in [0.1, 0.15) is 26.3 Å². The molecule has 0 aliphatic carbocycles. The Morgan fingerprint density at radius 2 is 1.85 bits per heavy atom. The molecule has 1 aliphatic rings. The van der Waals surface area contributed by atoms with E-state index < -0.39 is 17.8 Å². The average molecular weight is 364 g/mol. The number of carbonyl (C=O) groups excluding carboxylic acids is 2. The zero-order chi connectivity index (χ0) is 19.3. The van der Waals surface area contributed by atoms with E-state index in [4.69, 9.17) is 14.2 Å². The molecule has 0 spiro atoms. The number of ether oxygens (including phenoxy) is 3. The fourth-order valence-electron chi connectivity index (χ4n) is 2.79. The smallest absolute Gasteiger partial charge is 0.410 e. The van der Waals surface area contributed by atoms with Crippen LogP contribution in [0.4, 0.5) is 9.59 Å². The molecule has 1 aromatic rings. The number of rotatable bonds is 4. The fraction of sp³-hybridized carbons (Fsp3) is 0.579. The maximum atomic E-state index is 12.4. The van der Waals surface area contributed by atoms with Crippen molar-refractivity contribution in [3.8, 4) is 0 Å². The summed E-state index contributed by atoms with van der Waals surface area (Å²) in [7, 11) is 3.22. The summed E-state index contributed by atoms with van der Waals surface area (Å²) in [6.07, 6.45) is -1.16. The predicted octanol–water partition coefficient (Wildman–Crippen LogP) is 2.89. The van der Waals surface area contributed by atoms with E-state index in [9.17, 15) is 9.59 Å². The second kappa shape index (κ2) is 8.40. The Balaban J connectivity index is 1.94. The summed E-state index contributed by atoms with van der Waals surface area (Å²) in [4.78, 5) is 27.7. The lowest BCUT2D eigenvalue weighted by atomic mass is 10.2. The number of nitrogens with zero attached hydrogens (tertiary/aromatic N) is 2. The molecule has 0 saturated carbocycles. The van der Waals surface area contributed by atoms with Gasteiger partial charge in [0.15, 0.2) is 0 Å². The molecule has 7 heteroatoms. The number of likely N-dealkylation sites (N-methyl/N-ethyl adjacent to an activating group) is 1. The summed E-state index contributed by atoms with van der Waals surface area (Å²) in [5.74, 6) is 0. The molecule has 0 radical (unpaired) electrons. The second-order valence-corrected chi connectivity index (χ2v) is 7.38. The van der Waals surface area contributed by atoms with Crippen molar-refractivity contribution in [3.63, 3.8) is 0 Å². The normalized spacial score (nSPS) is 20.0. The van der Waals surface area contributed by atoms with Crippen LogP contribution in [0, 0.1) is 0 Å². The van der Waals surface area contributed by atoms with Crippen LogP contribution in [-0.4, -0.2) is 67.0 Å². The third-order valence-corrected chi connectivity index (χ3v) is 4.18. The van der Waals surface area contributed by atoms with E-state index in [1.807, 2.05) is 51.1 Å². The monoisotopic (exact) mass is 364 g/mol. The van der Waals surface area contributed by atoms with Gasteiger partial charge in [0.2, 0.25) is 0 Å². The molecule has 0 bridgehead atoms. The molecule has 2 rings (SSSR count). The summed E-state index contributed by atoms with van der Waals surface area (Å²) >= 11 is 0. The van der Waals surface area contributed by atoms with Gasteiger partial charge in [-0.15, -0.1) is 0 Å². The summed E-state index contributed by atoms with van der Waals surface area (Å²) in [6, 6.07) is 9.18. The summed E-state index contributed by atoms with van der Waals surface area (Å²) in [5.41, 5.74) is 0.345. The first-order chi connectivity index (χ1) is 12.2. The first-order valence-corrected chi connectivity index (χ1v) is 8.65. The molecule has 1 fully saturated rings. The van der Waals surface area contributed by atoms with Crippen molar-refractivity contribution in [1.29, 1.82) is 0 Å². The van der Waals surface area contributed by atoms with E-state index >= 15 is 0 Å². The van der Waals surface area contributed by atoms with Crippen molar-refractivity contribution in [2.24, 2.45) is 0 Å². The van der Waals surface area contributed by atoms with Crippen LogP contribution in [0.2, 0.25) is 0 Å². The van der Waals surface area contributed by atoms with Crippen molar-refractivity contribution >= 4 is 12.2 Å². The van der Waals surface area contributed by atoms with Crippen LogP contribution in [-0.2, 0) is 20.8 Å². The molecule has 2 unspecified atom stereocenters. The van der Waals surface area contributed by atoms with Gasteiger partial charge in [-0.25, -0.2) is 9.59 Å². The minimum atomic E-state index is -0.571. The predicted molar refractivity (Wildman–Crippen MR) is 96.8 cm³/mol. The van der Waals surface area contributed by atoms with Gasteiger partial charge < -0.3 is 24.0 Å². The zero-order valence-corrected chi connectivity index (χ0v) is 16.1. The number of methoxy groups -OCH3 is 1. The Labute approximate surface area is 154 Å². The summed E-state index contributed by atoms with van der Waals surface area (Å²) in [6.45, 7) is 6.36. The first-order valence-electron chi connectivity index (χ1n) is 8.65. The lowest BCUT2D eigenvalue weighted by molar-refractivity contribution is 0.0248. The molecule has 1 aliphatic heterocycles. The lowest BCUT2D eigenvalue weighted by Gasteiger charge is -2.27. The molecule has 0 aromatic heterocycles. The quantitative estimate of drug-likeness (QED) is 0.822. The zero-order valence-electron chi connectivity index (χ0n) is 16.1. The molecular formula is C19H28N2O5. The maximum absolute atomic E-state index is 12.4. The number of amides is 2. The van der Waals surface area contributed by atoms with Crippen molar-refractivity contribution in [2.45, 2.75) is 45.1 Å². The number of hydrogen-bond donors (Lipinski definition) is 0. The highest BCUT2D eigenvalue weighted by molar-refractivity contribution is 5.70. The van der Waals surface area contributed by atoms with Gasteiger partial charge in [0.1, 0.15) is 12.2 Å². The lowest BCUT2D eigenvalue weighted by Crippen LogP contribution is -2.45. The van der Waals surface area contributed by atoms with E-state index in [1.54, 1.807) is 19.1 Å².